The molecule has 5 heteroatoms. The van der Waals surface area contributed by atoms with Crippen molar-refractivity contribution in [2.75, 3.05) is 6.61 Å². The van der Waals surface area contributed by atoms with Crippen molar-refractivity contribution in [3.63, 3.8) is 0 Å². The van der Waals surface area contributed by atoms with Gasteiger partial charge in [-0.1, -0.05) is 12.1 Å². The summed E-state index contributed by atoms with van der Waals surface area (Å²) in [5.74, 6) is -0.456. The van der Waals surface area contributed by atoms with E-state index >= 15 is 0 Å². The second kappa shape index (κ2) is 6.81. The Bertz CT molecular complexity index is 443. The van der Waals surface area contributed by atoms with Crippen LogP contribution in [-0.4, -0.2) is 29.8 Å². The molecule has 20 heavy (non-hydrogen) atoms. The number of benzene rings is 1. The summed E-state index contributed by atoms with van der Waals surface area (Å²) in [7, 11) is 0. The topological polar surface area (TPSA) is 58.6 Å². The van der Waals surface area contributed by atoms with E-state index in [0.717, 1.165) is 12.8 Å². The minimum atomic E-state index is -0.726. The molecule has 0 bridgehead atoms. The van der Waals surface area contributed by atoms with Crippen LogP contribution in [0.3, 0.4) is 0 Å². The Labute approximate surface area is 117 Å². The van der Waals surface area contributed by atoms with Gasteiger partial charge in [0.25, 0.3) is 0 Å². The lowest BCUT2D eigenvalue weighted by Gasteiger charge is -2.20. The van der Waals surface area contributed by atoms with Crippen molar-refractivity contribution in [1.82, 2.24) is 5.32 Å². The second-order valence-electron chi connectivity index (χ2n) is 5.21. The largest absolute Gasteiger partial charge is 0.388 e. The van der Waals surface area contributed by atoms with Crippen LogP contribution < -0.4 is 5.32 Å². The highest BCUT2D eigenvalue weighted by Gasteiger charge is 2.25. The Hall–Kier alpha value is -1.46. The van der Waals surface area contributed by atoms with Crippen molar-refractivity contribution in [2.45, 2.75) is 44.4 Å². The molecule has 1 saturated heterocycles. The summed E-state index contributed by atoms with van der Waals surface area (Å²) in [6.45, 7) is 2.46. The van der Waals surface area contributed by atoms with Gasteiger partial charge in [0, 0.05) is 12.6 Å². The van der Waals surface area contributed by atoms with Gasteiger partial charge in [0.15, 0.2) is 0 Å². The zero-order valence-electron chi connectivity index (χ0n) is 11.5. The fraction of sp³-hybridized carbons (Fsp3) is 0.533. The predicted octanol–water partition coefficient (Wildman–Crippen LogP) is 1.93. The lowest BCUT2D eigenvalue weighted by Crippen LogP contribution is -2.40. The highest BCUT2D eigenvalue weighted by molar-refractivity contribution is 5.81. The normalized spacial score (nSPS) is 21.4. The number of hydrogen-bond donors (Lipinski definition) is 2. The van der Waals surface area contributed by atoms with Gasteiger partial charge in [-0.15, -0.1) is 0 Å². The van der Waals surface area contributed by atoms with E-state index in [2.05, 4.69) is 5.32 Å². The van der Waals surface area contributed by atoms with E-state index in [0.29, 0.717) is 18.6 Å². The van der Waals surface area contributed by atoms with Gasteiger partial charge in [-0.2, -0.15) is 0 Å². The Balaban J connectivity index is 1.82. The summed E-state index contributed by atoms with van der Waals surface area (Å²) < 4.78 is 18.1. The lowest BCUT2D eigenvalue weighted by molar-refractivity contribution is -0.130. The fourth-order valence-corrected chi connectivity index (χ4v) is 2.34. The molecule has 1 aromatic rings. The molecule has 1 aromatic carbocycles. The predicted molar refractivity (Wildman–Crippen MR) is 72.6 cm³/mol. The summed E-state index contributed by atoms with van der Waals surface area (Å²) in [6.07, 6.45) is 0.948. The maximum Gasteiger partial charge on any atom is 0.249 e. The smallest absolute Gasteiger partial charge is 0.249 e. The minimum absolute atomic E-state index is 0.124. The van der Waals surface area contributed by atoms with Crippen molar-refractivity contribution in [3.05, 3.63) is 35.6 Å². The summed E-state index contributed by atoms with van der Waals surface area (Å²) in [4.78, 5) is 11.9. The molecule has 0 aromatic heterocycles. The summed E-state index contributed by atoms with van der Waals surface area (Å²) >= 11 is 0. The maximum absolute atomic E-state index is 12.8. The Morgan fingerprint density at radius 1 is 1.50 bits per heavy atom. The number of nitrogens with one attached hydrogen (secondary N) is 1. The molecule has 2 N–H and O–H groups in total. The Morgan fingerprint density at radius 3 is 2.80 bits per heavy atom. The van der Waals surface area contributed by atoms with Crippen LogP contribution in [0.15, 0.2) is 24.3 Å². The molecule has 0 saturated carbocycles. The number of ether oxygens (including phenoxy) is 1. The molecule has 2 rings (SSSR count). The monoisotopic (exact) mass is 281 g/mol. The zero-order chi connectivity index (χ0) is 14.5. The molecule has 0 radical (unpaired) electrons. The van der Waals surface area contributed by atoms with E-state index in [1.165, 1.54) is 12.1 Å². The van der Waals surface area contributed by atoms with Gasteiger partial charge < -0.3 is 15.2 Å². The van der Waals surface area contributed by atoms with Gasteiger partial charge in [0.05, 0.1) is 6.10 Å². The van der Waals surface area contributed by atoms with Crippen LogP contribution >= 0.6 is 0 Å². The molecule has 0 aliphatic carbocycles. The van der Waals surface area contributed by atoms with E-state index < -0.39 is 6.10 Å². The van der Waals surface area contributed by atoms with Crippen LogP contribution in [-0.2, 0) is 9.53 Å². The van der Waals surface area contributed by atoms with E-state index in [1.54, 1.807) is 12.1 Å². The standard InChI is InChI=1S/C15H20FNO3/c1-10(17-15(19)14-3-2-8-20-14)9-13(18)11-4-6-12(16)7-5-11/h4-7,10,13-14,18H,2-3,8-9H2,1H3,(H,17,19). The summed E-state index contributed by atoms with van der Waals surface area (Å²) in [5, 5.41) is 12.9. The van der Waals surface area contributed by atoms with Gasteiger partial charge in [0.2, 0.25) is 5.91 Å². The third kappa shape index (κ3) is 4.02. The highest BCUT2D eigenvalue weighted by Crippen LogP contribution is 2.19. The van der Waals surface area contributed by atoms with Crippen molar-refractivity contribution in [3.8, 4) is 0 Å². The van der Waals surface area contributed by atoms with Gasteiger partial charge in [0.1, 0.15) is 11.9 Å². The Kier molecular flexibility index (Phi) is 5.09. The van der Waals surface area contributed by atoms with Crippen molar-refractivity contribution in [2.24, 2.45) is 0 Å². The molecule has 3 atom stereocenters. The van der Waals surface area contributed by atoms with Gasteiger partial charge >= 0.3 is 0 Å². The molecule has 4 nitrogen and oxygen atoms in total. The molecular weight excluding hydrogens is 261 g/mol. The van der Waals surface area contributed by atoms with Crippen molar-refractivity contribution in [1.29, 1.82) is 0 Å². The van der Waals surface area contributed by atoms with Crippen LogP contribution in [0.4, 0.5) is 4.39 Å². The first kappa shape index (κ1) is 14.9. The quantitative estimate of drug-likeness (QED) is 0.867. The van der Waals surface area contributed by atoms with Crippen LogP contribution in [0.25, 0.3) is 0 Å². The first-order valence-corrected chi connectivity index (χ1v) is 6.92. The number of aliphatic hydroxyl groups excluding tert-OH is 1. The number of amides is 1. The van der Waals surface area contributed by atoms with Crippen LogP contribution in [0.5, 0.6) is 0 Å². The van der Waals surface area contributed by atoms with Crippen LogP contribution in [0.1, 0.15) is 37.9 Å². The SMILES string of the molecule is CC(CC(O)c1ccc(F)cc1)NC(=O)C1CCCO1. The van der Waals surface area contributed by atoms with Crippen molar-refractivity contribution >= 4 is 5.91 Å². The molecular formula is C15H20FNO3. The van der Waals surface area contributed by atoms with Crippen LogP contribution in [0.2, 0.25) is 0 Å². The number of aliphatic hydroxyl groups is 1. The molecule has 1 amide bonds. The maximum atomic E-state index is 12.8. The molecule has 1 aliphatic heterocycles. The second-order valence-corrected chi connectivity index (χ2v) is 5.21. The van der Waals surface area contributed by atoms with Gasteiger partial charge in [-0.3, -0.25) is 4.79 Å². The summed E-state index contributed by atoms with van der Waals surface area (Å²) in [5.41, 5.74) is 0.643. The molecule has 1 heterocycles. The fourth-order valence-electron chi connectivity index (χ4n) is 2.34. The van der Waals surface area contributed by atoms with Crippen molar-refractivity contribution < 1.29 is 19.0 Å². The van der Waals surface area contributed by atoms with Gasteiger partial charge in [-0.05, 0) is 43.9 Å². The van der Waals surface area contributed by atoms with E-state index in [-0.39, 0.29) is 23.9 Å². The average Bonchev–Trinajstić information content (AvgIpc) is 2.93. The molecule has 110 valence electrons. The first-order valence-electron chi connectivity index (χ1n) is 6.92. The zero-order valence-corrected chi connectivity index (χ0v) is 11.5. The summed E-state index contributed by atoms with van der Waals surface area (Å²) in [6, 6.07) is 5.55. The number of carbonyl (C=O) groups is 1. The van der Waals surface area contributed by atoms with E-state index in [9.17, 15) is 14.3 Å². The first-order chi connectivity index (χ1) is 9.56. The number of halogens is 1. The van der Waals surface area contributed by atoms with E-state index in [4.69, 9.17) is 4.74 Å². The molecule has 3 unspecified atom stereocenters. The molecule has 1 aliphatic rings. The number of hydrogen-bond acceptors (Lipinski definition) is 3. The Morgan fingerprint density at radius 2 is 2.20 bits per heavy atom. The van der Waals surface area contributed by atoms with Crippen LogP contribution in [0, 0.1) is 5.82 Å². The van der Waals surface area contributed by atoms with Gasteiger partial charge in [-0.25, -0.2) is 4.39 Å². The number of rotatable bonds is 5. The highest BCUT2D eigenvalue weighted by atomic mass is 19.1. The number of carbonyl (C=O) groups excluding carboxylic acids is 1. The molecule has 0 spiro atoms. The third-order valence-electron chi connectivity index (χ3n) is 3.44. The lowest BCUT2D eigenvalue weighted by atomic mass is 10.0. The average molecular weight is 281 g/mol. The molecule has 1 fully saturated rings. The van der Waals surface area contributed by atoms with E-state index in [1.807, 2.05) is 6.92 Å². The third-order valence-corrected chi connectivity index (χ3v) is 3.44. The minimum Gasteiger partial charge on any atom is -0.388 e.